The molecule has 4 aromatic rings. The van der Waals surface area contributed by atoms with Crippen LogP contribution in [0.25, 0.3) is 11.9 Å². The molecule has 410 valence electrons. The van der Waals surface area contributed by atoms with Gasteiger partial charge in [0.25, 0.3) is 11.9 Å². The number of azo groups is 2. The van der Waals surface area contributed by atoms with Gasteiger partial charge >= 0.3 is 0 Å². The van der Waals surface area contributed by atoms with Gasteiger partial charge in [0.1, 0.15) is 6.33 Å². The van der Waals surface area contributed by atoms with Gasteiger partial charge in [-0.15, -0.1) is 10.2 Å². The van der Waals surface area contributed by atoms with Gasteiger partial charge in [-0.25, -0.2) is 26.3 Å². The molecule has 0 fully saturated rings. The lowest BCUT2D eigenvalue weighted by atomic mass is 9.91. The van der Waals surface area contributed by atoms with Crippen LogP contribution in [0.15, 0.2) is 79.1 Å². The fourth-order valence-electron chi connectivity index (χ4n) is 8.35. The maximum absolute atomic E-state index is 13.3. The number of hydrogen-bond donors (Lipinski definition) is 2. The summed E-state index contributed by atoms with van der Waals surface area (Å²) in [5, 5.41) is 29.2. The standard InChI is InChI=1S/C53H87N15O4S2/c1-16-25-28-39(18-3)36-57-73(69,70)42(20-5)30-27-35-56-61-44-46(52(10,11)12)63-67(48(44)65(21-6)22-7)50-54-38-55-51(59-50)68-49(66(23-8)24-9)45(47(64-68)53(13,14)15)62-60-41-31-33-43(34-32-41)74(71,72)58-37-40(19-4)29-26-17-2/h20,27,30-34,38-40,57-58H,16-19,21-26,28-29,35-37H2,1-15H3/b30-27-,42-20+,61-56?,62-60?. The van der Waals surface area contributed by atoms with Crippen LogP contribution in [0.3, 0.4) is 0 Å². The van der Waals surface area contributed by atoms with Crippen LogP contribution in [0.5, 0.6) is 0 Å². The molecule has 2 atom stereocenters. The molecule has 0 saturated carbocycles. The number of aromatic nitrogens is 7. The molecule has 3 aromatic heterocycles. The number of hydrogen-bond acceptors (Lipinski definition) is 15. The molecule has 0 amide bonds. The molecular formula is C53H87N15O4S2. The van der Waals surface area contributed by atoms with Crippen LogP contribution >= 0.6 is 0 Å². The summed E-state index contributed by atoms with van der Waals surface area (Å²) < 4.78 is 62.2. The Morgan fingerprint density at radius 2 is 1.15 bits per heavy atom. The average molecular weight is 1060 g/mol. The van der Waals surface area contributed by atoms with Crippen molar-refractivity contribution in [1.82, 2.24) is 44.0 Å². The van der Waals surface area contributed by atoms with Gasteiger partial charge in [0.15, 0.2) is 23.0 Å². The van der Waals surface area contributed by atoms with E-state index in [9.17, 15) is 16.8 Å². The molecule has 0 bridgehead atoms. The molecule has 2 unspecified atom stereocenters. The largest absolute Gasteiger partial charge is 0.355 e. The summed E-state index contributed by atoms with van der Waals surface area (Å²) in [5.41, 5.74) is 1.87. The smallest absolute Gasteiger partial charge is 0.257 e. The second-order valence-corrected chi connectivity index (χ2v) is 24.1. The summed E-state index contributed by atoms with van der Waals surface area (Å²) >= 11 is 0. The van der Waals surface area contributed by atoms with Gasteiger partial charge in [-0.05, 0) is 89.6 Å². The summed E-state index contributed by atoms with van der Waals surface area (Å²) in [6, 6.07) is 6.41. The Bertz CT molecular complexity index is 2740. The topological polar surface area (TPSA) is 223 Å². The Labute approximate surface area is 443 Å². The monoisotopic (exact) mass is 1060 g/mol. The highest BCUT2D eigenvalue weighted by Crippen LogP contribution is 2.43. The van der Waals surface area contributed by atoms with Crippen LogP contribution in [0.2, 0.25) is 0 Å². The number of benzene rings is 1. The number of nitrogens with one attached hydrogen (secondary N) is 2. The summed E-state index contributed by atoms with van der Waals surface area (Å²) in [7, 11) is -7.43. The van der Waals surface area contributed by atoms with Gasteiger partial charge in [-0.2, -0.15) is 44.7 Å². The van der Waals surface area contributed by atoms with E-state index in [2.05, 4.69) is 123 Å². The van der Waals surface area contributed by atoms with Gasteiger partial charge in [0.2, 0.25) is 20.0 Å². The molecule has 4 rings (SSSR count). The third-order valence-corrected chi connectivity index (χ3v) is 16.0. The summed E-state index contributed by atoms with van der Waals surface area (Å²) in [4.78, 5) is 19.0. The van der Waals surface area contributed by atoms with Crippen molar-refractivity contribution in [2.24, 2.45) is 32.3 Å². The fourth-order valence-corrected chi connectivity index (χ4v) is 10.7. The summed E-state index contributed by atoms with van der Waals surface area (Å²) in [5.74, 6) is 2.29. The first kappa shape index (κ1) is 61.3. The zero-order valence-corrected chi connectivity index (χ0v) is 48.8. The Kier molecular flexibility index (Phi) is 23.2. The molecule has 0 aliphatic heterocycles. The van der Waals surface area contributed by atoms with Crippen molar-refractivity contribution in [3.8, 4) is 11.9 Å². The van der Waals surface area contributed by atoms with Crippen molar-refractivity contribution in [1.29, 1.82) is 0 Å². The van der Waals surface area contributed by atoms with Crippen molar-refractivity contribution < 1.29 is 16.8 Å². The van der Waals surface area contributed by atoms with Crippen molar-refractivity contribution in [2.45, 2.75) is 171 Å². The first-order chi connectivity index (χ1) is 35.1. The molecule has 19 nitrogen and oxygen atoms in total. The van der Waals surface area contributed by atoms with Gasteiger partial charge in [-0.1, -0.05) is 120 Å². The van der Waals surface area contributed by atoms with Crippen LogP contribution in [-0.2, 0) is 30.9 Å². The minimum Gasteiger partial charge on any atom is -0.355 e. The molecule has 0 saturated heterocycles. The van der Waals surface area contributed by atoms with E-state index >= 15 is 0 Å². The second kappa shape index (κ2) is 28.0. The normalized spacial score (nSPS) is 14.0. The van der Waals surface area contributed by atoms with Crippen LogP contribution in [-0.4, -0.2) is 97.2 Å². The molecule has 0 radical (unpaired) electrons. The quantitative estimate of drug-likeness (QED) is 0.0369. The SMILES string of the molecule is C/C=C(\C=C/CN=Nc1c(C(C)(C)C)nn(-c2ncnc(-n3nc(C(C)(C)C)c(N=Nc4ccc(S(=O)(=O)NCC(CC)CCCC)cc4)c3N(CC)CC)n2)c1N(CC)CC)S(=O)(=O)NCC(CC)CCCC. The molecule has 74 heavy (non-hydrogen) atoms. The van der Waals surface area contributed by atoms with E-state index in [1.165, 1.54) is 6.33 Å². The second-order valence-electron chi connectivity index (χ2n) is 20.5. The van der Waals surface area contributed by atoms with E-state index in [1.807, 2.05) is 13.8 Å². The highest BCUT2D eigenvalue weighted by Gasteiger charge is 2.34. The maximum Gasteiger partial charge on any atom is 0.257 e. The van der Waals surface area contributed by atoms with E-state index in [0.29, 0.717) is 79.4 Å². The number of rotatable bonds is 30. The zero-order chi connectivity index (χ0) is 54.9. The maximum atomic E-state index is 13.3. The summed E-state index contributed by atoms with van der Waals surface area (Å²) in [6.45, 7) is 34.1. The first-order valence-corrected chi connectivity index (χ1v) is 29.7. The van der Waals surface area contributed by atoms with E-state index < -0.39 is 30.9 Å². The molecule has 0 spiro atoms. The van der Waals surface area contributed by atoms with Crippen molar-refractivity contribution in [2.75, 3.05) is 55.6 Å². The highest BCUT2D eigenvalue weighted by molar-refractivity contribution is 7.93. The zero-order valence-electron chi connectivity index (χ0n) is 47.1. The lowest BCUT2D eigenvalue weighted by Gasteiger charge is -2.23. The number of sulfonamides is 2. The number of anilines is 2. The third kappa shape index (κ3) is 16.1. The first-order valence-electron chi connectivity index (χ1n) is 26.8. The van der Waals surface area contributed by atoms with Crippen molar-refractivity contribution >= 4 is 48.7 Å². The third-order valence-electron chi connectivity index (χ3n) is 13.0. The predicted molar refractivity (Wildman–Crippen MR) is 300 cm³/mol. The molecule has 21 heteroatoms. The highest BCUT2D eigenvalue weighted by atomic mass is 32.2. The molecular weight excluding hydrogens is 975 g/mol. The van der Waals surface area contributed by atoms with Crippen molar-refractivity contribution in [3.63, 3.8) is 0 Å². The minimum atomic E-state index is -3.72. The predicted octanol–water partition coefficient (Wildman–Crippen LogP) is 12.1. The van der Waals surface area contributed by atoms with Crippen molar-refractivity contribution in [3.05, 3.63) is 65.1 Å². The van der Waals surface area contributed by atoms with E-state index in [4.69, 9.17) is 25.4 Å². The molecule has 3 heterocycles. The average Bonchev–Trinajstić information content (AvgIpc) is 3.95. The van der Waals surface area contributed by atoms with E-state index in [-0.39, 0.29) is 40.1 Å². The lowest BCUT2D eigenvalue weighted by Crippen LogP contribution is -2.29. The Hall–Kier alpha value is -5.25. The summed E-state index contributed by atoms with van der Waals surface area (Å²) in [6.07, 6.45) is 14.3. The Morgan fingerprint density at radius 3 is 1.58 bits per heavy atom. The molecule has 2 N–H and O–H groups in total. The van der Waals surface area contributed by atoms with Crippen LogP contribution < -0.4 is 19.2 Å². The Balaban J connectivity index is 1.79. The molecule has 1 aromatic carbocycles. The number of unbranched alkanes of at least 4 members (excludes halogenated alkanes) is 2. The minimum absolute atomic E-state index is 0.121. The Morgan fingerprint density at radius 1 is 0.676 bits per heavy atom. The van der Waals surface area contributed by atoms with Crippen LogP contribution in [0, 0.1) is 11.8 Å². The van der Waals surface area contributed by atoms with E-state index in [1.54, 1.807) is 58.8 Å². The molecule has 0 aliphatic carbocycles. The van der Waals surface area contributed by atoms with Gasteiger partial charge in [0, 0.05) is 50.1 Å². The van der Waals surface area contributed by atoms with E-state index in [0.717, 1.165) is 51.4 Å². The van der Waals surface area contributed by atoms with Gasteiger partial charge < -0.3 is 9.80 Å². The van der Waals surface area contributed by atoms with Crippen LogP contribution in [0.1, 0.15) is 167 Å². The van der Waals surface area contributed by atoms with Crippen LogP contribution in [0.4, 0.5) is 28.7 Å². The molecule has 0 aliphatic rings. The fraction of sp³-hybridized carbons (Fsp3) is 0.642. The number of allylic oxidation sites excluding steroid dienone is 2. The van der Waals surface area contributed by atoms with Gasteiger partial charge in [0.05, 0.1) is 33.4 Å². The lowest BCUT2D eigenvalue weighted by molar-refractivity contribution is 0.443. The van der Waals surface area contributed by atoms with Gasteiger partial charge in [-0.3, -0.25) is 0 Å². The number of nitrogens with zero attached hydrogens (tertiary/aromatic N) is 13.